The first-order chi connectivity index (χ1) is 6.02. The summed E-state index contributed by atoms with van der Waals surface area (Å²) >= 11 is 5.85. The third-order valence-electron chi connectivity index (χ3n) is 1.66. The van der Waals surface area contributed by atoms with E-state index in [9.17, 15) is 4.79 Å². The number of carboxylic acids is 1. The molecule has 1 rings (SSSR count). The zero-order valence-corrected chi connectivity index (χ0v) is 7.66. The van der Waals surface area contributed by atoms with Crippen LogP contribution in [-0.2, 0) is 9.79 Å². The van der Waals surface area contributed by atoms with Gasteiger partial charge in [-0.3, -0.25) is 4.79 Å². The van der Waals surface area contributed by atoms with Gasteiger partial charge in [-0.15, -0.1) is 0 Å². The van der Waals surface area contributed by atoms with E-state index in [1.54, 1.807) is 24.3 Å². The van der Waals surface area contributed by atoms with E-state index in [-0.39, 0.29) is 6.42 Å². The summed E-state index contributed by atoms with van der Waals surface area (Å²) in [5.74, 6) is -1.01. The van der Waals surface area contributed by atoms with Crippen LogP contribution in [0.5, 0.6) is 0 Å². The molecule has 0 fully saturated rings. The highest BCUT2D eigenvalue weighted by molar-refractivity contribution is 6.24. The van der Waals surface area contributed by atoms with Crippen molar-refractivity contribution in [1.29, 1.82) is 0 Å². The Morgan fingerprint density at radius 2 is 2.00 bits per heavy atom. The van der Waals surface area contributed by atoms with E-state index in [1.165, 1.54) is 0 Å². The molecule has 3 N–H and O–H groups in total. The van der Waals surface area contributed by atoms with Crippen molar-refractivity contribution in [2.45, 2.75) is 11.4 Å². The molecule has 0 saturated heterocycles. The second kappa shape index (κ2) is 3.77. The van der Waals surface area contributed by atoms with Gasteiger partial charge >= 0.3 is 5.97 Å². The van der Waals surface area contributed by atoms with E-state index in [2.05, 4.69) is 0 Å². The molecule has 13 heavy (non-hydrogen) atoms. The van der Waals surface area contributed by atoms with Crippen molar-refractivity contribution in [3.63, 3.8) is 0 Å². The van der Waals surface area contributed by atoms with Crippen LogP contribution < -0.4 is 5.73 Å². The Kier molecular flexibility index (Phi) is 2.90. The Morgan fingerprint density at radius 1 is 1.46 bits per heavy atom. The lowest BCUT2D eigenvalue weighted by atomic mass is 10.0. The van der Waals surface area contributed by atoms with Gasteiger partial charge in [0.2, 0.25) is 0 Å². The number of carbonyl (C=O) groups is 1. The number of carboxylic acid groups (broad SMARTS) is 1. The lowest BCUT2D eigenvalue weighted by Gasteiger charge is -2.19. The molecule has 4 heteroatoms. The van der Waals surface area contributed by atoms with Crippen molar-refractivity contribution in [3.8, 4) is 0 Å². The molecule has 0 radical (unpaired) electrons. The van der Waals surface area contributed by atoms with E-state index in [4.69, 9.17) is 22.4 Å². The molecule has 0 aromatic heterocycles. The first-order valence-corrected chi connectivity index (χ1v) is 4.15. The van der Waals surface area contributed by atoms with E-state index < -0.39 is 11.0 Å². The zero-order chi connectivity index (χ0) is 9.90. The Labute approximate surface area is 81.1 Å². The van der Waals surface area contributed by atoms with Crippen LogP contribution in [0, 0.1) is 0 Å². The number of alkyl halides is 1. The van der Waals surface area contributed by atoms with Gasteiger partial charge in [-0.25, -0.2) is 0 Å². The van der Waals surface area contributed by atoms with Crippen LogP contribution in [0.15, 0.2) is 30.3 Å². The minimum Gasteiger partial charge on any atom is -0.481 e. The zero-order valence-electron chi connectivity index (χ0n) is 6.90. The fraction of sp³-hybridized carbons (Fsp3) is 0.222. The minimum atomic E-state index is -1.31. The summed E-state index contributed by atoms with van der Waals surface area (Å²) < 4.78 is 0. The number of rotatable bonds is 3. The SMILES string of the molecule is NC(Cl)(CC(=O)O)c1ccccc1. The Balaban J connectivity index is 2.87. The Morgan fingerprint density at radius 3 is 2.46 bits per heavy atom. The average Bonchev–Trinajstić information content (AvgIpc) is 2.04. The molecule has 0 bridgehead atoms. The van der Waals surface area contributed by atoms with Crippen LogP contribution in [-0.4, -0.2) is 11.1 Å². The van der Waals surface area contributed by atoms with Gasteiger partial charge in [-0.1, -0.05) is 41.9 Å². The van der Waals surface area contributed by atoms with E-state index in [0.29, 0.717) is 5.56 Å². The number of halogens is 1. The van der Waals surface area contributed by atoms with Crippen LogP contribution >= 0.6 is 11.6 Å². The molecule has 1 aromatic rings. The van der Waals surface area contributed by atoms with Gasteiger partial charge in [0.05, 0.1) is 6.42 Å². The van der Waals surface area contributed by atoms with Crippen LogP contribution in [0.4, 0.5) is 0 Å². The third kappa shape index (κ3) is 2.72. The first-order valence-electron chi connectivity index (χ1n) is 3.77. The molecule has 0 saturated carbocycles. The van der Waals surface area contributed by atoms with Crippen LogP contribution in [0.1, 0.15) is 12.0 Å². The summed E-state index contributed by atoms with van der Waals surface area (Å²) in [5, 5.41) is 8.55. The van der Waals surface area contributed by atoms with Crippen molar-refractivity contribution in [1.82, 2.24) is 0 Å². The van der Waals surface area contributed by atoms with Crippen molar-refractivity contribution in [3.05, 3.63) is 35.9 Å². The fourth-order valence-corrected chi connectivity index (χ4v) is 1.28. The second-order valence-electron chi connectivity index (χ2n) is 2.80. The van der Waals surface area contributed by atoms with Crippen molar-refractivity contribution >= 4 is 17.6 Å². The minimum absolute atomic E-state index is 0.293. The maximum atomic E-state index is 10.4. The van der Waals surface area contributed by atoms with Crippen LogP contribution in [0.25, 0.3) is 0 Å². The van der Waals surface area contributed by atoms with Crippen LogP contribution in [0.3, 0.4) is 0 Å². The smallest absolute Gasteiger partial charge is 0.306 e. The molecule has 0 aliphatic heterocycles. The van der Waals surface area contributed by atoms with E-state index in [1.807, 2.05) is 6.07 Å². The summed E-state index contributed by atoms with van der Waals surface area (Å²) in [6, 6.07) is 8.76. The van der Waals surface area contributed by atoms with Gasteiger partial charge in [0.15, 0.2) is 0 Å². The van der Waals surface area contributed by atoms with Crippen molar-refractivity contribution < 1.29 is 9.90 Å². The van der Waals surface area contributed by atoms with Gasteiger partial charge in [-0.05, 0) is 5.56 Å². The molecule has 70 valence electrons. The molecular formula is C9H10ClNO2. The van der Waals surface area contributed by atoms with Crippen molar-refractivity contribution in [2.75, 3.05) is 0 Å². The monoisotopic (exact) mass is 199 g/mol. The Bertz CT molecular complexity index is 298. The maximum Gasteiger partial charge on any atom is 0.306 e. The highest BCUT2D eigenvalue weighted by atomic mass is 35.5. The lowest BCUT2D eigenvalue weighted by molar-refractivity contribution is -0.137. The number of hydrogen-bond acceptors (Lipinski definition) is 2. The highest BCUT2D eigenvalue weighted by Crippen LogP contribution is 2.26. The number of aliphatic carboxylic acids is 1. The third-order valence-corrected chi connectivity index (χ3v) is 2.01. The van der Waals surface area contributed by atoms with Gasteiger partial charge in [0, 0.05) is 0 Å². The van der Waals surface area contributed by atoms with Gasteiger partial charge in [0.25, 0.3) is 0 Å². The standard InChI is InChI=1S/C9H10ClNO2/c10-9(11,6-8(12)13)7-4-2-1-3-5-7/h1-5H,6,11H2,(H,12,13). The molecule has 0 amide bonds. The molecule has 0 spiro atoms. The molecule has 1 unspecified atom stereocenters. The predicted octanol–water partition coefficient (Wildman–Crippen LogP) is 1.51. The predicted molar refractivity (Wildman–Crippen MR) is 50.4 cm³/mol. The number of hydrogen-bond donors (Lipinski definition) is 2. The summed E-state index contributed by atoms with van der Waals surface area (Å²) in [6.45, 7) is 0. The van der Waals surface area contributed by atoms with Gasteiger partial charge < -0.3 is 10.8 Å². The van der Waals surface area contributed by atoms with E-state index in [0.717, 1.165) is 0 Å². The normalized spacial score (nSPS) is 14.9. The molecule has 3 nitrogen and oxygen atoms in total. The Hall–Kier alpha value is -1.06. The van der Waals surface area contributed by atoms with Gasteiger partial charge in [-0.2, -0.15) is 0 Å². The van der Waals surface area contributed by atoms with Crippen LogP contribution in [0.2, 0.25) is 0 Å². The molecule has 0 aliphatic carbocycles. The molecule has 0 heterocycles. The first kappa shape index (κ1) is 10.0. The highest BCUT2D eigenvalue weighted by Gasteiger charge is 2.26. The molecule has 1 atom stereocenters. The maximum absolute atomic E-state index is 10.4. The topological polar surface area (TPSA) is 63.3 Å². The molecule has 0 aliphatic rings. The van der Waals surface area contributed by atoms with E-state index >= 15 is 0 Å². The number of benzene rings is 1. The second-order valence-corrected chi connectivity index (χ2v) is 3.47. The van der Waals surface area contributed by atoms with Crippen molar-refractivity contribution in [2.24, 2.45) is 5.73 Å². The lowest BCUT2D eigenvalue weighted by Crippen LogP contribution is -2.32. The average molecular weight is 200 g/mol. The fourth-order valence-electron chi connectivity index (χ4n) is 1.04. The van der Waals surface area contributed by atoms with Gasteiger partial charge in [0.1, 0.15) is 5.00 Å². The number of nitrogens with two attached hydrogens (primary N) is 1. The molecule has 1 aromatic carbocycles. The largest absolute Gasteiger partial charge is 0.481 e. The summed E-state index contributed by atoms with van der Waals surface area (Å²) in [4.78, 5) is 9.11. The molecular weight excluding hydrogens is 190 g/mol. The summed E-state index contributed by atoms with van der Waals surface area (Å²) in [6.07, 6.45) is -0.293. The quantitative estimate of drug-likeness (QED) is 0.573. The summed E-state index contributed by atoms with van der Waals surface area (Å²) in [7, 11) is 0. The summed E-state index contributed by atoms with van der Waals surface area (Å²) in [5.41, 5.74) is 6.23.